The summed E-state index contributed by atoms with van der Waals surface area (Å²) in [6, 6.07) is 8.29. The van der Waals surface area contributed by atoms with Crippen LogP contribution in [0, 0.1) is 11.3 Å². The Bertz CT molecular complexity index is 1030. The largest absolute Gasteiger partial charge is 0.490 e. The lowest BCUT2D eigenvalue weighted by atomic mass is 9.70. The Balaban J connectivity index is 1.75. The lowest BCUT2D eigenvalue weighted by Gasteiger charge is -2.35. The van der Waals surface area contributed by atoms with Crippen LogP contribution in [-0.2, 0) is 10.3 Å². The fourth-order valence-corrected chi connectivity index (χ4v) is 4.44. The predicted octanol–water partition coefficient (Wildman–Crippen LogP) is 3.30. The highest BCUT2D eigenvalue weighted by Gasteiger charge is 2.41. The first-order valence-corrected chi connectivity index (χ1v) is 10.7. The molecule has 0 bridgehead atoms. The predicted molar refractivity (Wildman–Crippen MR) is 118 cm³/mol. The zero-order chi connectivity index (χ0) is 22.0. The highest BCUT2D eigenvalue weighted by molar-refractivity contribution is 6.15. The van der Waals surface area contributed by atoms with E-state index in [1.54, 1.807) is 0 Å². The minimum Gasteiger partial charge on any atom is -0.490 e. The smallest absolute Gasteiger partial charge is 0.131 e. The van der Waals surface area contributed by atoms with Gasteiger partial charge in [-0.2, -0.15) is 5.26 Å². The van der Waals surface area contributed by atoms with Crippen LogP contribution in [0.4, 0.5) is 5.82 Å². The number of nitriles is 1. The highest BCUT2D eigenvalue weighted by atomic mass is 16.6. The van der Waals surface area contributed by atoms with Crippen molar-refractivity contribution in [3.63, 3.8) is 0 Å². The number of aromatic nitrogens is 2. The summed E-state index contributed by atoms with van der Waals surface area (Å²) >= 11 is 0. The third-order valence-corrected chi connectivity index (χ3v) is 6.08. The number of hydrogen-bond donors (Lipinski definition) is 2. The third-order valence-electron chi connectivity index (χ3n) is 6.08. The molecule has 0 unspecified atom stereocenters. The Morgan fingerprint density at radius 3 is 2.71 bits per heavy atom. The third kappa shape index (κ3) is 4.06. The summed E-state index contributed by atoms with van der Waals surface area (Å²) in [5.41, 5.74) is 15.8. The van der Waals surface area contributed by atoms with Crippen LogP contribution in [0.2, 0.25) is 0 Å². The Morgan fingerprint density at radius 2 is 1.97 bits per heavy atom. The molecule has 0 atom stereocenters. The zero-order valence-electron chi connectivity index (χ0n) is 18.0. The van der Waals surface area contributed by atoms with Gasteiger partial charge >= 0.3 is 0 Å². The fraction of sp³-hybridized carbons (Fsp3) is 0.478. The molecule has 1 fully saturated rings. The second-order valence-electron chi connectivity index (χ2n) is 8.65. The van der Waals surface area contributed by atoms with Crippen molar-refractivity contribution in [2.24, 2.45) is 10.9 Å². The van der Waals surface area contributed by atoms with Crippen LogP contribution in [0.3, 0.4) is 0 Å². The normalized spacial score (nSPS) is 22.8. The van der Waals surface area contributed by atoms with Crippen LogP contribution in [-0.4, -0.2) is 34.4 Å². The Hall–Kier alpha value is -3.18. The number of nitrogens with zero attached hydrogens (tertiary/aromatic N) is 4. The minimum atomic E-state index is -0.587. The molecule has 1 aromatic carbocycles. The number of nitrogen functional groups attached to an aromatic ring is 1. The SMILES string of the molecule is CC1(C)/C(=N/OCCC#N)c2cc(O[C@H]3CC[C@@H](N)CC3)ccc2-c2ncnc(N)c21. The summed E-state index contributed by atoms with van der Waals surface area (Å²) in [6.07, 6.45) is 5.76. The molecule has 1 saturated carbocycles. The Morgan fingerprint density at radius 1 is 1.19 bits per heavy atom. The van der Waals surface area contributed by atoms with Crippen LogP contribution in [0.5, 0.6) is 5.75 Å². The molecule has 31 heavy (non-hydrogen) atoms. The van der Waals surface area contributed by atoms with E-state index in [-0.39, 0.29) is 25.2 Å². The molecule has 8 heteroatoms. The monoisotopic (exact) mass is 420 g/mol. The van der Waals surface area contributed by atoms with Gasteiger partial charge in [-0.05, 0) is 57.7 Å². The molecule has 0 aliphatic heterocycles. The fourth-order valence-electron chi connectivity index (χ4n) is 4.44. The number of nitrogens with two attached hydrogens (primary N) is 2. The Labute approximate surface area is 182 Å². The maximum Gasteiger partial charge on any atom is 0.131 e. The maximum atomic E-state index is 8.80. The van der Waals surface area contributed by atoms with Crippen molar-refractivity contribution >= 4 is 11.5 Å². The average molecular weight is 421 g/mol. The van der Waals surface area contributed by atoms with Crippen molar-refractivity contribution in [2.75, 3.05) is 12.3 Å². The molecule has 4 N–H and O–H groups in total. The molecule has 0 radical (unpaired) electrons. The van der Waals surface area contributed by atoms with Gasteiger partial charge in [0.25, 0.3) is 0 Å². The molecular weight excluding hydrogens is 392 g/mol. The lowest BCUT2D eigenvalue weighted by Crippen LogP contribution is -2.36. The van der Waals surface area contributed by atoms with Crippen LogP contribution in [0.25, 0.3) is 11.3 Å². The van der Waals surface area contributed by atoms with E-state index in [2.05, 4.69) is 21.2 Å². The first-order chi connectivity index (χ1) is 14.9. The standard InChI is InChI=1S/C23H28N6O2/c1-23(2)19-20(27-13-28-22(19)26)17-9-8-16(31-15-6-4-14(25)5-7-15)12-18(17)21(23)29-30-11-3-10-24/h8-9,12-15H,3-7,11,25H2,1-2H3,(H2,26,27,28)/b29-21+/t14-,15+. The molecule has 1 aromatic heterocycles. The van der Waals surface area contributed by atoms with E-state index in [4.69, 9.17) is 26.3 Å². The van der Waals surface area contributed by atoms with Crippen molar-refractivity contribution in [3.8, 4) is 23.1 Å². The first-order valence-electron chi connectivity index (χ1n) is 10.7. The summed E-state index contributed by atoms with van der Waals surface area (Å²) in [7, 11) is 0. The number of oxime groups is 1. The number of rotatable bonds is 5. The molecule has 1 heterocycles. The topological polar surface area (TPSA) is 132 Å². The summed E-state index contributed by atoms with van der Waals surface area (Å²) in [4.78, 5) is 14.2. The van der Waals surface area contributed by atoms with E-state index in [0.29, 0.717) is 11.5 Å². The molecule has 2 aromatic rings. The van der Waals surface area contributed by atoms with Crippen molar-refractivity contribution in [2.45, 2.75) is 63.5 Å². The van der Waals surface area contributed by atoms with Gasteiger partial charge < -0.3 is 21.0 Å². The van der Waals surface area contributed by atoms with Gasteiger partial charge in [0.2, 0.25) is 0 Å². The number of ether oxygens (including phenoxy) is 1. The van der Waals surface area contributed by atoms with Gasteiger partial charge in [0, 0.05) is 28.1 Å². The van der Waals surface area contributed by atoms with Crippen molar-refractivity contribution in [3.05, 3.63) is 35.7 Å². The highest BCUT2D eigenvalue weighted by Crippen LogP contribution is 2.45. The van der Waals surface area contributed by atoms with E-state index in [1.165, 1.54) is 6.33 Å². The molecule has 2 aliphatic rings. The summed E-state index contributed by atoms with van der Waals surface area (Å²) in [6.45, 7) is 4.27. The second-order valence-corrected chi connectivity index (χ2v) is 8.65. The van der Waals surface area contributed by atoms with Crippen LogP contribution in [0.1, 0.15) is 57.1 Å². The number of anilines is 1. The molecule has 0 spiro atoms. The van der Waals surface area contributed by atoms with Gasteiger partial charge in [0.1, 0.15) is 24.5 Å². The number of hydrogen-bond acceptors (Lipinski definition) is 8. The number of benzene rings is 1. The van der Waals surface area contributed by atoms with Gasteiger partial charge in [-0.3, -0.25) is 0 Å². The van der Waals surface area contributed by atoms with Crippen LogP contribution in [0.15, 0.2) is 29.7 Å². The summed E-state index contributed by atoms with van der Waals surface area (Å²) in [5, 5.41) is 13.2. The molecule has 0 saturated heterocycles. The van der Waals surface area contributed by atoms with E-state index in [1.807, 2.05) is 32.0 Å². The zero-order valence-corrected chi connectivity index (χ0v) is 18.0. The second kappa shape index (κ2) is 8.52. The van der Waals surface area contributed by atoms with E-state index in [9.17, 15) is 0 Å². The maximum absolute atomic E-state index is 8.80. The quantitative estimate of drug-likeness (QED) is 0.560. The van der Waals surface area contributed by atoms with Gasteiger partial charge in [0.15, 0.2) is 0 Å². The van der Waals surface area contributed by atoms with Gasteiger partial charge in [-0.1, -0.05) is 5.16 Å². The van der Waals surface area contributed by atoms with Crippen LogP contribution >= 0.6 is 0 Å². The molecule has 0 amide bonds. The molecule has 4 rings (SSSR count). The summed E-state index contributed by atoms with van der Waals surface area (Å²) < 4.78 is 6.29. The van der Waals surface area contributed by atoms with Crippen molar-refractivity contribution in [1.82, 2.24) is 9.97 Å². The molecular formula is C23H28N6O2. The van der Waals surface area contributed by atoms with E-state index >= 15 is 0 Å². The summed E-state index contributed by atoms with van der Waals surface area (Å²) in [5.74, 6) is 1.20. The van der Waals surface area contributed by atoms with Crippen molar-refractivity contribution in [1.29, 1.82) is 5.26 Å². The Kier molecular flexibility index (Phi) is 5.79. The first kappa shape index (κ1) is 21.1. The van der Waals surface area contributed by atoms with Gasteiger partial charge in [-0.25, -0.2) is 9.97 Å². The van der Waals surface area contributed by atoms with E-state index in [0.717, 1.165) is 53.8 Å². The van der Waals surface area contributed by atoms with Crippen molar-refractivity contribution < 1.29 is 9.57 Å². The molecule has 162 valence electrons. The molecule has 2 aliphatic carbocycles. The average Bonchev–Trinajstić information content (AvgIpc) is 2.74. The molecule has 8 nitrogen and oxygen atoms in total. The van der Waals surface area contributed by atoms with Crippen LogP contribution < -0.4 is 16.2 Å². The lowest BCUT2D eigenvalue weighted by molar-refractivity contribution is 0.146. The van der Waals surface area contributed by atoms with Gasteiger partial charge in [0.05, 0.1) is 30.0 Å². The number of fused-ring (bicyclic) bond motifs is 3. The minimum absolute atomic E-state index is 0.159. The van der Waals surface area contributed by atoms with Gasteiger partial charge in [-0.15, -0.1) is 0 Å². The van der Waals surface area contributed by atoms with E-state index < -0.39 is 5.41 Å².